The highest BCUT2D eigenvalue weighted by Gasteiger charge is 2.68. The lowest BCUT2D eigenvalue weighted by molar-refractivity contribution is -0.210. The van der Waals surface area contributed by atoms with Crippen molar-refractivity contribution in [1.82, 2.24) is 10.3 Å². The van der Waals surface area contributed by atoms with Gasteiger partial charge in [0.15, 0.2) is 0 Å². The molecule has 2 bridgehead atoms. The van der Waals surface area contributed by atoms with E-state index in [0.29, 0.717) is 11.5 Å². The first-order valence-electron chi connectivity index (χ1n) is 7.55. The fourth-order valence-electron chi connectivity index (χ4n) is 4.14. The zero-order chi connectivity index (χ0) is 13.8. The van der Waals surface area contributed by atoms with Crippen LogP contribution in [0.2, 0.25) is 0 Å². The Labute approximate surface area is 118 Å². The lowest BCUT2D eigenvalue weighted by Gasteiger charge is -2.66. The Balaban J connectivity index is 1.37. The van der Waals surface area contributed by atoms with Gasteiger partial charge in [0.25, 0.3) is 0 Å². The lowest BCUT2D eigenvalue weighted by atomic mass is 9.42. The number of H-pyrrole nitrogens is 1. The number of halogens is 1. The van der Waals surface area contributed by atoms with Gasteiger partial charge in [0.05, 0.1) is 0 Å². The highest BCUT2D eigenvalue weighted by molar-refractivity contribution is 5.83. The molecule has 5 rings (SSSR count). The first kappa shape index (κ1) is 12.4. The summed E-state index contributed by atoms with van der Waals surface area (Å²) in [6.07, 6.45) is 5.48. The van der Waals surface area contributed by atoms with Gasteiger partial charge in [-0.25, -0.2) is 4.39 Å². The molecule has 20 heavy (non-hydrogen) atoms. The molecule has 1 atom stereocenters. The molecule has 0 spiro atoms. The largest absolute Gasteiger partial charge is 0.361 e. The molecule has 3 heteroatoms. The molecule has 1 unspecified atom stereocenters. The Morgan fingerprint density at radius 1 is 1.30 bits per heavy atom. The molecular formula is C17H21FN2. The average Bonchev–Trinajstić information content (AvgIpc) is 2.76. The molecule has 2 aromatic rings. The molecule has 2 nitrogen and oxygen atoms in total. The van der Waals surface area contributed by atoms with Crippen molar-refractivity contribution in [1.29, 1.82) is 0 Å². The van der Waals surface area contributed by atoms with Crippen LogP contribution in [0.3, 0.4) is 0 Å². The number of alkyl halides is 1. The van der Waals surface area contributed by atoms with E-state index >= 15 is 0 Å². The third-order valence-electron chi connectivity index (χ3n) is 5.10. The summed E-state index contributed by atoms with van der Waals surface area (Å²) in [5, 5.41) is 4.92. The Kier molecular flexibility index (Phi) is 2.53. The molecule has 1 aromatic heterocycles. The van der Waals surface area contributed by atoms with Crippen molar-refractivity contribution in [2.45, 2.75) is 44.3 Å². The van der Waals surface area contributed by atoms with Crippen LogP contribution in [0.1, 0.15) is 31.7 Å². The maximum atomic E-state index is 13.5. The smallest absolute Gasteiger partial charge is 0.112 e. The normalized spacial score (nSPS) is 32.7. The van der Waals surface area contributed by atoms with Gasteiger partial charge in [-0.15, -0.1) is 0 Å². The molecule has 3 aliphatic rings. The number of nitrogens with one attached hydrogen (secondary N) is 2. The van der Waals surface area contributed by atoms with E-state index in [0.717, 1.165) is 32.2 Å². The van der Waals surface area contributed by atoms with Crippen LogP contribution in [0, 0.1) is 5.41 Å². The number of fused-ring (bicyclic) bond motifs is 1. The molecule has 106 valence electrons. The number of hydrogen-bond donors (Lipinski definition) is 2. The monoisotopic (exact) mass is 272 g/mol. The fourth-order valence-corrected chi connectivity index (χ4v) is 4.14. The molecule has 1 heterocycles. The zero-order valence-corrected chi connectivity index (χ0v) is 11.9. The summed E-state index contributed by atoms with van der Waals surface area (Å²) in [6.45, 7) is 3.20. The van der Waals surface area contributed by atoms with Gasteiger partial charge in [-0.2, -0.15) is 0 Å². The number of aromatic nitrogens is 1. The third kappa shape index (κ3) is 1.87. The topological polar surface area (TPSA) is 27.8 Å². The maximum absolute atomic E-state index is 13.5. The molecule has 0 saturated heterocycles. The van der Waals surface area contributed by atoms with Gasteiger partial charge in [-0.3, -0.25) is 0 Å². The van der Waals surface area contributed by atoms with Gasteiger partial charge in [0, 0.05) is 29.7 Å². The molecule has 3 aliphatic carbocycles. The van der Waals surface area contributed by atoms with E-state index in [-0.39, 0.29) is 0 Å². The van der Waals surface area contributed by atoms with Crippen LogP contribution < -0.4 is 5.32 Å². The van der Waals surface area contributed by atoms with Gasteiger partial charge in [-0.05, 0) is 49.7 Å². The molecule has 3 fully saturated rings. The van der Waals surface area contributed by atoms with Gasteiger partial charge in [0.1, 0.15) is 5.67 Å². The Bertz CT molecular complexity index is 625. The number of para-hydroxylation sites is 1. The van der Waals surface area contributed by atoms with Crippen LogP contribution >= 0.6 is 0 Å². The molecule has 3 saturated carbocycles. The van der Waals surface area contributed by atoms with Crippen molar-refractivity contribution >= 4 is 10.9 Å². The van der Waals surface area contributed by atoms with Gasteiger partial charge < -0.3 is 10.3 Å². The number of benzene rings is 1. The first-order valence-corrected chi connectivity index (χ1v) is 7.55. The van der Waals surface area contributed by atoms with Crippen molar-refractivity contribution < 1.29 is 4.39 Å². The standard InChI is InChI=1S/C17H21FN2/c1-12(20-11-16-8-17(18,9-16)10-16)6-13-7-19-15-5-3-2-4-14(13)15/h2-5,7,12,19-20H,6,8-11H2,1H3. The quantitative estimate of drug-likeness (QED) is 0.855. The minimum Gasteiger partial charge on any atom is -0.361 e. The van der Waals surface area contributed by atoms with E-state index in [9.17, 15) is 4.39 Å². The summed E-state index contributed by atoms with van der Waals surface area (Å²) in [5.74, 6) is 0. The fraction of sp³-hybridized carbons (Fsp3) is 0.529. The molecule has 2 N–H and O–H groups in total. The molecule has 0 radical (unpaired) electrons. The Morgan fingerprint density at radius 2 is 2.05 bits per heavy atom. The highest BCUT2D eigenvalue weighted by atomic mass is 19.1. The minimum atomic E-state index is -0.776. The second kappa shape index (κ2) is 4.08. The van der Waals surface area contributed by atoms with Crippen molar-refractivity contribution in [2.24, 2.45) is 5.41 Å². The van der Waals surface area contributed by atoms with Crippen molar-refractivity contribution in [2.75, 3.05) is 6.54 Å². The van der Waals surface area contributed by atoms with Crippen LogP contribution in [0.5, 0.6) is 0 Å². The number of hydrogen-bond acceptors (Lipinski definition) is 1. The van der Waals surface area contributed by atoms with Gasteiger partial charge in [-0.1, -0.05) is 18.2 Å². The molecule has 0 aliphatic heterocycles. The van der Waals surface area contributed by atoms with Gasteiger partial charge >= 0.3 is 0 Å². The average molecular weight is 272 g/mol. The maximum Gasteiger partial charge on any atom is 0.112 e. The Morgan fingerprint density at radius 3 is 2.80 bits per heavy atom. The third-order valence-corrected chi connectivity index (χ3v) is 5.10. The second-order valence-corrected chi connectivity index (χ2v) is 7.03. The van der Waals surface area contributed by atoms with E-state index in [1.807, 2.05) is 0 Å². The Hall–Kier alpha value is -1.35. The van der Waals surface area contributed by atoms with Crippen LogP contribution in [-0.2, 0) is 6.42 Å². The van der Waals surface area contributed by atoms with Gasteiger partial charge in [0.2, 0.25) is 0 Å². The van der Waals surface area contributed by atoms with Crippen LogP contribution in [0.25, 0.3) is 10.9 Å². The van der Waals surface area contributed by atoms with E-state index in [1.165, 1.54) is 16.5 Å². The summed E-state index contributed by atoms with van der Waals surface area (Å²) in [6, 6.07) is 8.85. The molecule has 1 aromatic carbocycles. The number of aromatic amines is 1. The minimum absolute atomic E-state index is 0.295. The van der Waals surface area contributed by atoms with Crippen LogP contribution in [0.4, 0.5) is 4.39 Å². The summed E-state index contributed by atoms with van der Waals surface area (Å²) < 4.78 is 13.5. The second-order valence-electron chi connectivity index (χ2n) is 7.03. The molecule has 0 amide bonds. The summed E-state index contributed by atoms with van der Waals surface area (Å²) in [7, 11) is 0. The summed E-state index contributed by atoms with van der Waals surface area (Å²) in [4.78, 5) is 3.32. The number of rotatable bonds is 5. The SMILES string of the molecule is CC(Cc1c[nH]c2ccccc12)NCC12CC(F)(C1)C2. The highest BCUT2D eigenvalue weighted by Crippen LogP contribution is 2.69. The van der Waals surface area contributed by atoms with Crippen molar-refractivity contribution in [3.8, 4) is 0 Å². The van der Waals surface area contributed by atoms with E-state index in [4.69, 9.17) is 0 Å². The lowest BCUT2D eigenvalue weighted by Crippen LogP contribution is -2.68. The zero-order valence-electron chi connectivity index (χ0n) is 11.9. The summed E-state index contributed by atoms with van der Waals surface area (Å²) in [5.41, 5.74) is 2.08. The van der Waals surface area contributed by atoms with Crippen LogP contribution in [0.15, 0.2) is 30.5 Å². The predicted octanol–water partition coefficient (Wildman–Crippen LogP) is 3.58. The summed E-state index contributed by atoms with van der Waals surface area (Å²) >= 11 is 0. The van der Waals surface area contributed by atoms with E-state index in [2.05, 4.69) is 47.7 Å². The predicted molar refractivity (Wildman–Crippen MR) is 79.6 cm³/mol. The van der Waals surface area contributed by atoms with Crippen LogP contribution in [-0.4, -0.2) is 23.2 Å². The van der Waals surface area contributed by atoms with E-state index in [1.54, 1.807) is 0 Å². The van der Waals surface area contributed by atoms with E-state index < -0.39 is 5.67 Å². The molecular weight excluding hydrogens is 251 g/mol. The first-order chi connectivity index (χ1) is 9.58. The van der Waals surface area contributed by atoms with Crippen molar-refractivity contribution in [3.63, 3.8) is 0 Å². The van der Waals surface area contributed by atoms with Crippen molar-refractivity contribution in [3.05, 3.63) is 36.0 Å².